The second kappa shape index (κ2) is 5.56. The highest BCUT2D eigenvalue weighted by molar-refractivity contribution is 7.13. The summed E-state index contributed by atoms with van der Waals surface area (Å²) in [6.45, 7) is 3.51. The van der Waals surface area contributed by atoms with E-state index in [-0.39, 0.29) is 0 Å². The summed E-state index contributed by atoms with van der Waals surface area (Å²) < 4.78 is 1.91. The van der Waals surface area contributed by atoms with Crippen LogP contribution in [0.25, 0.3) is 21.8 Å². The molecular formula is C15H16N4S. The molecule has 2 N–H and O–H groups in total. The van der Waals surface area contributed by atoms with E-state index in [4.69, 9.17) is 5.73 Å². The molecule has 5 heteroatoms. The second-order valence-electron chi connectivity index (χ2n) is 4.52. The number of nitrogens with two attached hydrogens (primary N) is 1. The number of benzene rings is 1. The first-order chi connectivity index (χ1) is 9.80. The molecule has 102 valence electrons. The third-order valence-electron chi connectivity index (χ3n) is 3.19. The molecule has 0 aliphatic carbocycles. The van der Waals surface area contributed by atoms with E-state index in [1.165, 1.54) is 0 Å². The first kappa shape index (κ1) is 13.0. The van der Waals surface area contributed by atoms with Crippen LogP contribution in [0.2, 0.25) is 0 Å². The van der Waals surface area contributed by atoms with Gasteiger partial charge in [-0.05, 0) is 12.5 Å². The van der Waals surface area contributed by atoms with Crippen molar-refractivity contribution in [2.24, 2.45) is 5.73 Å². The van der Waals surface area contributed by atoms with Gasteiger partial charge in [-0.1, -0.05) is 24.3 Å². The lowest BCUT2D eigenvalue weighted by atomic mass is 10.1. The van der Waals surface area contributed by atoms with Gasteiger partial charge in [0.15, 0.2) is 0 Å². The Morgan fingerprint density at radius 3 is 2.65 bits per heavy atom. The molecule has 3 rings (SSSR count). The van der Waals surface area contributed by atoms with Gasteiger partial charge in [-0.3, -0.25) is 4.68 Å². The Hall–Kier alpha value is -1.98. The summed E-state index contributed by atoms with van der Waals surface area (Å²) in [5, 5.41) is 7.38. The van der Waals surface area contributed by atoms with Crippen molar-refractivity contribution in [3.63, 3.8) is 0 Å². The molecule has 4 nitrogen and oxygen atoms in total. The molecule has 0 unspecified atom stereocenters. The van der Waals surface area contributed by atoms with Gasteiger partial charge in [-0.15, -0.1) is 11.3 Å². The summed E-state index contributed by atoms with van der Waals surface area (Å²) in [6.07, 6.45) is 3.89. The van der Waals surface area contributed by atoms with Gasteiger partial charge >= 0.3 is 0 Å². The van der Waals surface area contributed by atoms with Crippen LogP contribution in [0.1, 0.15) is 12.5 Å². The first-order valence-electron chi connectivity index (χ1n) is 6.58. The van der Waals surface area contributed by atoms with Crippen LogP contribution in [0, 0.1) is 0 Å². The molecule has 3 aromatic rings. The molecule has 1 aromatic carbocycles. The summed E-state index contributed by atoms with van der Waals surface area (Å²) in [6, 6.07) is 8.23. The first-order valence-corrected chi connectivity index (χ1v) is 7.46. The fourth-order valence-electron chi connectivity index (χ4n) is 1.99. The van der Waals surface area contributed by atoms with Gasteiger partial charge in [-0.2, -0.15) is 5.10 Å². The number of aromatic nitrogens is 3. The molecule has 2 aromatic heterocycles. The molecule has 0 spiro atoms. The Labute approximate surface area is 121 Å². The van der Waals surface area contributed by atoms with Crippen molar-refractivity contribution in [2.75, 3.05) is 0 Å². The normalized spacial score (nSPS) is 10.9. The van der Waals surface area contributed by atoms with Crippen LogP contribution >= 0.6 is 11.3 Å². The third kappa shape index (κ3) is 2.50. The van der Waals surface area contributed by atoms with Gasteiger partial charge < -0.3 is 5.73 Å². The number of nitrogens with zero attached hydrogens (tertiary/aromatic N) is 3. The molecule has 0 amide bonds. The molecule has 0 saturated carbocycles. The van der Waals surface area contributed by atoms with Gasteiger partial charge in [0.2, 0.25) is 0 Å². The Kier molecular flexibility index (Phi) is 3.62. The smallest absolute Gasteiger partial charge is 0.124 e. The summed E-state index contributed by atoms with van der Waals surface area (Å²) >= 11 is 1.65. The third-order valence-corrected chi connectivity index (χ3v) is 4.09. The van der Waals surface area contributed by atoms with Crippen LogP contribution in [0.5, 0.6) is 0 Å². The average Bonchev–Trinajstić information content (AvgIpc) is 3.16. The highest BCUT2D eigenvalue weighted by Crippen LogP contribution is 2.28. The summed E-state index contributed by atoms with van der Waals surface area (Å²) in [7, 11) is 0. The molecule has 2 heterocycles. The molecule has 0 radical (unpaired) electrons. The van der Waals surface area contributed by atoms with Crippen LogP contribution in [0.4, 0.5) is 0 Å². The second-order valence-corrected chi connectivity index (χ2v) is 5.38. The van der Waals surface area contributed by atoms with Crippen LogP contribution in [-0.4, -0.2) is 14.8 Å². The predicted octanol–water partition coefficient (Wildman–Crippen LogP) is 3.15. The zero-order chi connectivity index (χ0) is 13.9. The quantitative estimate of drug-likeness (QED) is 0.800. The van der Waals surface area contributed by atoms with Crippen LogP contribution in [-0.2, 0) is 13.1 Å². The molecule has 20 heavy (non-hydrogen) atoms. The minimum absolute atomic E-state index is 0.569. The van der Waals surface area contributed by atoms with Gasteiger partial charge in [0.1, 0.15) is 5.01 Å². The van der Waals surface area contributed by atoms with Crippen molar-refractivity contribution < 1.29 is 0 Å². The summed E-state index contributed by atoms with van der Waals surface area (Å²) in [5.41, 5.74) is 9.91. The molecular weight excluding hydrogens is 268 g/mol. The number of thiazole rings is 1. The fraction of sp³-hybridized carbons (Fsp3) is 0.200. The minimum atomic E-state index is 0.569. The van der Waals surface area contributed by atoms with E-state index < -0.39 is 0 Å². The largest absolute Gasteiger partial charge is 0.326 e. The zero-order valence-corrected chi connectivity index (χ0v) is 12.1. The van der Waals surface area contributed by atoms with Crippen molar-refractivity contribution in [3.05, 3.63) is 47.6 Å². The predicted molar refractivity (Wildman–Crippen MR) is 82.3 cm³/mol. The van der Waals surface area contributed by atoms with E-state index >= 15 is 0 Å². The average molecular weight is 284 g/mol. The molecule has 0 atom stereocenters. The standard InChI is InChI=1S/C15H16N4S/c1-2-19-9-13(8-17-19)14-10-20-15(18-14)12-5-3-11(7-16)4-6-12/h3-6,8-10H,2,7,16H2,1H3. The van der Waals surface area contributed by atoms with Crippen molar-refractivity contribution in [1.29, 1.82) is 0 Å². The van der Waals surface area contributed by atoms with Crippen LogP contribution in [0.15, 0.2) is 42.0 Å². The van der Waals surface area contributed by atoms with Crippen molar-refractivity contribution in [3.8, 4) is 21.8 Å². The van der Waals surface area contributed by atoms with Gasteiger partial charge in [0, 0.05) is 35.8 Å². The van der Waals surface area contributed by atoms with E-state index in [0.717, 1.165) is 33.9 Å². The lowest BCUT2D eigenvalue weighted by Gasteiger charge is -1.98. The highest BCUT2D eigenvalue weighted by atomic mass is 32.1. The molecule has 0 bridgehead atoms. The van der Waals surface area contributed by atoms with Gasteiger partial charge in [-0.25, -0.2) is 4.98 Å². The van der Waals surface area contributed by atoms with E-state index in [2.05, 4.69) is 34.5 Å². The fourth-order valence-corrected chi connectivity index (χ4v) is 2.83. The number of hydrogen-bond donors (Lipinski definition) is 1. The van der Waals surface area contributed by atoms with Crippen molar-refractivity contribution in [2.45, 2.75) is 20.0 Å². The van der Waals surface area contributed by atoms with Crippen LogP contribution < -0.4 is 5.73 Å². The summed E-state index contributed by atoms with van der Waals surface area (Å²) in [5.74, 6) is 0. The van der Waals surface area contributed by atoms with E-state index in [1.54, 1.807) is 11.3 Å². The monoisotopic (exact) mass is 284 g/mol. The maximum Gasteiger partial charge on any atom is 0.124 e. The number of hydrogen-bond acceptors (Lipinski definition) is 4. The van der Waals surface area contributed by atoms with E-state index in [0.29, 0.717) is 6.54 Å². The lowest BCUT2D eigenvalue weighted by Crippen LogP contribution is -1.95. The Bertz CT molecular complexity index is 697. The van der Waals surface area contributed by atoms with Gasteiger partial charge in [0.05, 0.1) is 11.9 Å². The van der Waals surface area contributed by atoms with Crippen LogP contribution in [0.3, 0.4) is 0 Å². The number of rotatable bonds is 4. The van der Waals surface area contributed by atoms with E-state index in [9.17, 15) is 0 Å². The van der Waals surface area contributed by atoms with Crippen molar-refractivity contribution in [1.82, 2.24) is 14.8 Å². The summed E-state index contributed by atoms with van der Waals surface area (Å²) in [4.78, 5) is 4.69. The zero-order valence-electron chi connectivity index (χ0n) is 11.3. The SMILES string of the molecule is CCn1cc(-c2csc(-c3ccc(CN)cc3)n2)cn1. The number of aryl methyl sites for hydroxylation is 1. The van der Waals surface area contributed by atoms with Gasteiger partial charge in [0.25, 0.3) is 0 Å². The highest BCUT2D eigenvalue weighted by Gasteiger charge is 2.08. The topological polar surface area (TPSA) is 56.7 Å². The maximum absolute atomic E-state index is 5.61. The van der Waals surface area contributed by atoms with Crippen molar-refractivity contribution >= 4 is 11.3 Å². The molecule has 0 fully saturated rings. The van der Waals surface area contributed by atoms with E-state index in [1.807, 2.05) is 29.2 Å². The Balaban J connectivity index is 1.88. The maximum atomic E-state index is 5.61. The Morgan fingerprint density at radius 1 is 1.20 bits per heavy atom. The lowest BCUT2D eigenvalue weighted by molar-refractivity contribution is 0.660. The molecule has 0 saturated heterocycles. The molecule has 0 aliphatic heterocycles. The Morgan fingerprint density at radius 2 is 2.00 bits per heavy atom. The minimum Gasteiger partial charge on any atom is -0.326 e. The molecule has 0 aliphatic rings.